The standard InChI is InChI=1S/C27H25ClN2O3S/c1-3-15-30-26(31)25(34-27(30)29-21-10-5-4-6-11-21)17-19-13-14-23(24(16-19)32-2)33-18-20-9-7-8-12-22(20)28/h4-14,16-17H,3,15,18H2,1-2H3/b25-17+,29-27?. The topological polar surface area (TPSA) is 51.1 Å². The van der Waals surface area contributed by atoms with Gasteiger partial charge in [-0.05, 0) is 60.2 Å². The highest BCUT2D eigenvalue weighted by molar-refractivity contribution is 8.18. The first-order valence-electron chi connectivity index (χ1n) is 11.0. The third-order valence-corrected chi connectivity index (χ3v) is 6.52. The average Bonchev–Trinajstić information content (AvgIpc) is 3.13. The molecule has 1 saturated heterocycles. The summed E-state index contributed by atoms with van der Waals surface area (Å²) in [5.41, 5.74) is 2.56. The van der Waals surface area contributed by atoms with Gasteiger partial charge in [0.15, 0.2) is 16.7 Å². The number of hydrogen-bond donors (Lipinski definition) is 0. The molecule has 3 aromatic rings. The number of methoxy groups -OCH3 is 1. The predicted molar refractivity (Wildman–Crippen MR) is 140 cm³/mol. The van der Waals surface area contributed by atoms with Gasteiger partial charge < -0.3 is 9.47 Å². The quantitative estimate of drug-likeness (QED) is 0.319. The fourth-order valence-electron chi connectivity index (χ4n) is 3.44. The van der Waals surface area contributed by atoms with Crippen LogP contribution in [0.25, 0.3) is 6.08 Å². The Bertz CT molecular complexity index is 1230. The number of carbonyl (C=O) groups excluding carboxylic acids is 1. The molecule has 174 valence electrons. The number of hydrogen-bond acceptors (Lipinski definition) is 5. The number of carbonyl (C=O) groups is 1. The van der Waals surface area contributed by atoms with Crippen LogP contribution in [0.5, 0.6) is 11.5 Å². The van der Waals surface area contributed by atoms with Gasteiger partial charge in [-0.25, -0.2) is 4.99 Å². The first-order chi connectivity index (χ1) is 16.6. The lowest BCUT2D eigenvalue weighted by atomic mass is 10.1. The number of benzene rings is 3. The van der Waals surface area contributed by atoms with E-state index in [2.05, 4.69) is 0 Å². The summed E-state index contributed by atoms with van der Waals surface area (Å²) in [5, 5.41) is 1.35. The molecule has 0 spiro atoms. The van der Waals surface area contributed by atoms with Crippen LogP contribution in [0.4, 0.5) is 5.69 Å². The monoisotopic (exact) mass is 492 g/mol. The van der Waals surface area contributed by atoms with Crippen LogP contribution in [0.1, 0.15) is 24.5 Å². The number of rotatable bonds is 8. The molecule has 0 unspecified atom stereocenters. The lowest BCUT2D eigenvalue weighted by molar-refractivity contribution is -0.122. The van der Waals surface area contributed by atoms with Crippen LogP contribution in [0.3, 0.4) is 0 Å². The number of amides is 1. The summed E-state index contributed by atoms with van der Waals surface area (Å²) in [4.78, 5) is 20.2. The van der Waals surface area contributed by atoms with Crippen molar-refractivity contribution in [1.29, 1.82) is 0 Å². The molecule has 1 aliphatic heterocycles. The number of para-hydroxylation sites is 1. The second-order valence-corrected chi connectivity index (χ2v) is 9.00. The molecular formula is C27H25ClN2O3S. The number of aliphatic imine (C=N–C) groups is 1. The zero-order chi connectivity index (χ0) is 23.9. The molecule has 0 N–H and O–H groups in total. The molecule has 0 bridgehead atoms. The summed E-state index contributed by atoms with van der Waals surface area (Å²) in [6, 6.07) is 22.8. The van der Waals surface area contributed by atoms with Crippen LogP contribution in [0.15, 0.2) is 82.7 Å². The Kier molecular flexibility index (Phi) is 7.93. The van der Waals surface area contributed by atoms with E-state index in [0.29, 0.717) is 39.7 Å². The summed E-state index contributed by atoms with van der Waals surface area (Å²) in [7, 11) is 1.59. The third kappa shape index (κ3) is 5.64. The highest BCUT2D eigenvalue weighted by Crippen LogP contribution is 2.36. The van der Waals surface area contributed by atoms with Crippen molar-refractivity contribution in [3.8, 4) is 11.5 Å². The number of ether oxygens (including phenoxy) is 2. The van der Waals surface area contributed by atoms with Gasteiger partial charge in [-0.1, -0.05) is 61.0 Å². The minimum absolute atomic E-state index is 0.0421. The largest absolute Gasteiger partial charge is 0.493 e. The molecule has 4 rings (SSSR count). The lowest BCUT2D eigenvalue weighted by Crippen LogP contribution is -2.29. The Labute approximate surface area is 209 Å². The third-order valence-electron chi connectivity index (χ3n) is 5.14. The van der Waals surface area contributed by atoms with Crippen molar-refractivity contribution in [2.75, 3.05) is 13.7 Å². The second-order valence-electron chi connectivity index (χ2n) is 7.59. The smallest absolute Gasteiger partial charge is 0.266 e. The Balaban J connectivity index is 1.56. The van der Waals surface area contributed by atoms with Gasteiger partial charge in [0.25, 0.3) is 5.91 Å². The van der Waals surface area contributed by atoms with Gasteiger partial charge in [-0.15, -0.1) is 0 Å². The number of amidine groups is 1. The minimum atomic E-state index is -0.0421. The van der Waals surface area contributed by atoms with E-state index in [-0.39, 0.29) is 5.91 Å². The Hall–Kier alpha value is -3.22. The summed E-state index contributed by atoms with van der Waals surface area (Å²) < 4.78 is 11.5. The van der Waals surface area contributed by atoms with E-state index in [1.165, 1.54) is 11.8 Å². The van der Waals surface area contributed by atoms with E-state index >= 15 is 0 Å². The lowest BCUT2D eigenvalue weighted by Gasteiger charge is -2.14. The molecule has 0 radical (unpaired) electrons. The van der Waals surface area contributed by atoms with Crippen molar-refractivity contribution in [3.05, 3.63) is 93.9 Å². The van der Waals surface area contributed by atoms with E-state index in [1.807, 2.05) is 85.8 Å². The zero-order valence-electron chi connectivity index (χ0n) is 19.0. The summed E-state index contributed by atoms with van der Waals surface area (Å²) >= 11 is 7.61. The second kappa shape index (κ2) is 11.3. The van der Waals surface area contributed by atoms with E-state index in [4.69, 9.17) is 26.1 Å². The normalized spacial score (nSPS) is 15.9. The Morgan fingerprint density at radius 2 is 1.79 bits per heavy atom. The van der Waals surface area contributed by atoms with Crippen molar-refractivity contribution in [2.45, 2.75) is 20.0 Å². The molecule has 1 fully saturated rings. The van der Waals surface area contributed by atoms with E-state index < -0.39 is 0 Å². The van der Waals surface area contributed by atoms with Crippen LogP contribution in [0, 0.1) is 0 Å². The van der Waals surface area contributed by atoms with Gasteiger partial charge >= 0.3 is 0 Å². The van der Waals surface area contributed by atoms with Gasteiger partial charge in [0.05, 0.1) is 17.7 Å². The Morgan fingerprint density at radius 1 is 1.03 bits per heavy atom. The molecule has 1 aliphatic rings. The SMILES string of the molecule is CCCN1C(=O)/C(=C\c2ccc(OCc3ccccc3Cl)c(OC)c2)SC1=Nc1ccccc1. The molecule has 3 aromatic carbocycles. The molecule has 5 nitrogen and oxygen atoms in total. The van der Waals surface area contributed by atoms with E-state index in [1.54, 1.807) is 12.0 Å². The fraction of sp³-hybridized carbons (Fsp3) is 0.185. The van der Waals surface area contributed by atoms with Crippen LogP contribution in [-0.4, -0.2) is 29.6 Å². The highest BCUT2D eigenvalue weighted by atomic mass is 35.5. The van der Waals surface area contributed by atoms with Crippen molar-refractivity contribution in [3.63, 3.8) is 0 Å². The molecule has 0 aromatic heterocycles. The van der Waals surface area contributed by atoms with Crippen molar-refractivity contribution >= 4 is 46.2 Å². The maximum absolute atomic E-state index is 13.1. The molecule has 1 heterocycles. The van der Waals surface area contributed by atoms with Gasteiger partial charge in [0, 0.05) is 17.1 Å². The maximum atomic E-state index is 13.1. The fourth-order valence-corrected chi connectivity index (χ4v) is 4.66. The predicted octanol–water partition coefficient (Wildman–Crippen LogP) is 6.94. The molecule has 0 aliphatic carbocycles. The van der Waals surface area contributed by atoms with E-state index in [9.17, 15) is 4.79 Å². The van der Waals surface area contributed by atoms with Gasteiger partial charge in [-0.3, -0.25) is 9.69 Å². The molecular weight excluding hydrogens is 468 g/mol. The minimum Gasteiger partial charge on any atom is -0.493 e. The first kappa shape index (κ1) is 23.9. The highest BCUT2D eigenvalue weighted by Gasteiger charge is 2.32. The van der Waals surface area contributed by atoms with Gasteiger partial charge in [0.2, 0.25) is 0 Å². The number of thioether (sulfide) groups is 1. The van der Waals surface area contributed by atoms with Crippen molar-refractivity contribution in [2.24, 2.45) is 4.99 Å². The summed E-state index contributed by atoms with van der Waals surface area (Å²) in [6.45, 7) is 3.00. The Morgan fingerprint density at radius 3 is 2.53 bits per heavy atom. The molecule has 7 heteroatoms. The van der Waals surface area contributed by atoms with Crippen molar-refractivity contribution < 1.29 is 14.3 Å². The summed E-state index contributed by atoms with van der Waals surface area (Å²) in [5.74, 6) is 1.15. The average molecular weight is 493 g/mol. The first-order valence-corrected chi connectivity index (χ1v) is 12.2. The number of nitrogens with zero attached hydrogens (tertiary/aromatic N) is 2. The van der Waals surface area contributed by atoms with Gasteiger partial charge in [0.1, 0.15) is 6.61 Å². The van der Waals surface area contributed by atoms with Crippen LogP contribution < -0.4 is 9.47 Å². The zero-order valence-corrected chi connectivity index (χ0v) is 20.6. The van der Waals surface area contributed by atoms with Crippen LogP contribution in [0.2, 0.25) is 5.02 Å². The molecule has 1 amide bonds. The summed E-state index contributed by atoms with van der Waals surface area (Å²) in [6.07, 6.45) is 2.71. The maximum Gasteiger partial charge on any atom is 0.266 e. The molecule has 0 saturated carbocycles. The molecule has 34 heavy (non-hydrogen) atoms. The number of halogens is 1. The van der Waals surface area contributed by atoms with Crippen molar-refractivity contribution in [1.82, 2.24) is 4.90 Å². The van der Waals surface area contributed by atoms with Crippen LogP contribution >= 0.6 is 23.4 Å². The molecule has 0 atom stereocenters. The van der Waals surface area contributed by atoms with Gasteiger partial charge in [-0.2, -0.15) is 0 Å². The van der Waals surface area contributed by atoms with Crippen LogP contribution in [-0.2, 0) is 11.4 Å². The van der Waals surface area contributed by atoms with E-state index in [0.717, 1.165) is 23.2 Å².